The quantitative estimate of drug-likeness (QED) is 0.434. The fourth-order valence-corrected chi connectivity index (χ4v) is 0.172. The van der Waals surface area contributed by atoms with Crippen molar-refractivity contribution in [2.24, 2.45) is 10.8 Å². The molecule has 0 bridgehead atoms. The second-order valence-corrected chi connectivity index (χ2v) is 6.05. The van der Waals surface area contributed by atoms with Crippen molar-refractivity contribution in [3.05, 3.63) is 12.2 Å². The Morgan fingerprint density at radius 2 is 1.05 bits per heavy atom. The molecule has 0 saturated carbocycles. The Bertz CT molecular complexity index is 281. The summed E-state index contributed by atoms with van der Waals surface area (Å²) in [5.74, 6) is -1.51. The topological polar surface area (TPSA) is 115 Å². The van der Waals surface area contributed by atoms with E-state index in [1.165, 1.54) is 6.08 Å². The third-order valence-electron chi connectivity index (χ3n) is 1.65. The first-order valence-corrected chi connectivity index (χ1v) is 6.12. The minimum atomic E-state index is -1.28. The highest BCUT2D eigenvalue weighted by Crippen LogP contribution is 2.11. The molecule has 0 aliphatic carbocycles. The highest BCUT2D eigenvalue weighted by molar-refractivity contribution is 5.73. The molecule has 20 heavy (non-hydrogen) atoms. The molecule has 0 fully saturated rings. The molecular weight excluding hydrogens is 264 g/mol. The Morgan fingerprint density at radius 1 is 0.850 bits per heavy atom. The highest BCUT2D eigenvalue weighted by atomic mass is 16.5. The van der Waals surface area contributed by atoms with Gasteiger partial charge in [0.05, 0.1) is 10.8 Å². The van der Waals surface area contributed by atoms with Crippen molar-refractivity contribution in [2.75, 3.05) is 0 Å². The van der Waals surface area contributed by atoms with E-state index in [2.05, 4.69) is 0 Å². The van der Waals surface area contributed by atoms with Crippen molar-refractivity contribution < 1.29 is 30.0 Å². The van der Waals surface area contributed by atoms with Crippen molar-refractivity contribution in [1.29, 1.82) is 0 Å². The Hall–Kier alpha value is -1.40. The maximum Gasteiger partial charge on any atom is 0.308 e. The predicted molar refractivity (Wildman–Crippen MR) is 77.2 cm³/mol. The lowest BCUT2D eigenvalue weighted by Gasteiger charge is -2.08. The van der Waals surface area contributed by atoms with Gasteiger partial charge >= 0.3 is 11.9 Å². The van der Waals surface area contributed by atoms with E-state index >= 15 is 0 Å². The van der Waals surface area contributed by atoms with Crippen LogP contribution in [0, 0.1) is 10.8 Å². The summed E-state index contributed by atoms with van der Waals surface area (Å²) in [4.78, 5) is 20.0. The molecule has 120 valence electrons. The summed E-state index contributed by atoms with van der Waals surface area (Å²) in [6.45, 7) is 11.7. The second-order valence-electron chi connectivity index (χ2n) is 6.05. The van der Waals surface area contributed by atoms with Gasteiger partial charge < -0.3 is 20.4 Å². The number of rotatable bonds is 1. The summed E-state index contributed by atoms with van der Waals surface area (Å²) in [6, 6.07) is 0. The minimum Gasteiger partial charge on any atom is -0.481 e. The van der Waals surface area contributed by atoms with Crippen LogP contribution in [-0.4, -0.2) is 38.7 Å². The van der Waals surface area contributed by atoms with E-state index < -0.39 is 29.1 Å². The first kappa shape index (κ1) is 23.7. The average molecular weight is 292 g/mol. The molecule has 6 heteroatoms. The van der Waals surface area contributed by atoms with Crippen LogP contribution in [-0.2, 0) is 9.59 Å². The second kappa shape index (κ2) is 10.4. The van der Waals surface area contributed by atoms with E-state index in [1.807, 2.05) is 0 Å². The molecule has 6 nitrogen and oxygen atoms in total. The summed E-state index contributed by atoms with van der Waals surface area (Å²) >= 11 is 0. The summed E-state index contributed by atoms with van der Waals surface area (Å²) in [6.07, 6.45) is 1.57. The summed E-state index contributed by atoms with van der Waals surface area (Å²) in [5, 5.41) is 32.5. The van der Waals surface area contributed by atoms with Gasteiger partial charge in [0.15, 0.2) is 6.29 Å². The number of aliphatic hydroxyl groups is 2. The van der Waals surface area contributed by atoms with Gasteiger partial charge in [0, 0.05) is 0 Å². The molecule has 0 heterocycles. The zero-order valence-electron chi connectivity index (χ0n) is 13.3. The number of allylic oxidation sites excluding steroid dienone is 1. The fourth-order valence-electron chi connectivity index (χ4n) is 0.172. The molecule has 0 saturated heterocycles. The van der Waals surface area contributed by atoms with Gasteiger partial charge in [-0.2, -0.15) is 0 Å². The predicted octanol–water partition coefficient (Wildman–Crippen LogP) is 2.11. The van der Waals surface area contributed by atoms with E-state index in [-0.39, 0.29) is 0 Å². The van der Waals surface area contributed by atoms with Crippen molar-refractivity contribution in [3.63, 3.8) is 0 Å². The molecule has 0 amide bonds. The number of carboxylic acids is 2. The zero-order chi connectivity index (χ0) is 17.1. The Kier molecular flexibility index (Phi) is 12.3. The van der Waals surface area contributed by atoms with Gasteiger partial charge in [-0.1, -0.05) is 6.08 Å². The molecule has 4 N–H and O–H groups in total. The summed E-state index contributed by atoms with van der Waals surface area (Å²) < 4.78 is 0. The third kappa shape index (κ3) is 21.8. The minimum absolute atomic E-state index is 0.583. The molecule has 0 aromatic carbocycles. The molecule has 0 aliphatic rings. The molecular formula is C14H28O6. The number of carboxylic acid groups (broad SMARTS) is 2. The van der Waals surface area contributed by atoms with Crippen LogP contribution in [0.3, 0.4) is 0 Å². The molecule has 0 unspecified atom stereocenters. The number of hydrogen-bond donors (Lipinski definition) is 4. The number of aliphatic hydroxyl groups excluding tert-OH is 1. The molecule has 0 rings (SSSR count). The van der Waals surface area contributed by atoms with Gasteiger partial charge in [-0.05, 0) is 54.5 Å². The van der Waals surface area contributed by atoms with Gasteiger partial charge in [-0.3, -0.25) is 9.59 Å². The van der Waals surface area contributed by atoms with Crippen molar-refractivity contribution in [2.45, 2.75) is 54.8 Å². The van der Waals surface area contributed by atoms with E-state index in [0.29, 0.717) is 0 Å². The SMILES string of the molecule is CC(C)(C)C(=O)O.CC(C)(C)C(=O)O.CC=CC(O)O. The summed E-state index contributed by atoms with van der Waals surface area (Å²) in [5.41, 5.74) is -1.17. The van der Waals surface area contributed by atoms with Crippen LogP contribution in [0.25, 0.3) is 0 Å². The molecule has 0 aromatic heterocycles. The first-order valence-electron chi connectivity index (χ1n) is 6.12. The fraction of sp³-hybridized carbons (Fsp3) is 0.714. The van der Waals surface area contributed by atoms with Gasteiger partial charge in [0.1, 0.15) is 0 Å². The zero-order valence-corrected chi connectivity index (χ0v) is 13.3. The molecule has 0 atom stereocenters. The highest BCUT2D eigenvalue weighted by Gasteiger charge is 2.19. The lowest BCUT2D eigenvalue weighted by atomic mass is 9.98. The van der Waals surface area contributed by atoms with Crippen LogP contribution in [0.2, 0.25) is 0 Å². The first-order chi connectivity index (χ1) is 8.66. The number of carbonyl (C=O) groups is 2. The van der Waals surface area contributed by atoms with Gasteiger partial charge in [-0.25, -0.2) is 0 Å². The van der Waals surface area contributed by atoms with E-state index in [4.69, 9.17) is 20.4 Å². The monoisotopic (exact) mass is 292 g/mol. The van der Waals surface area contributed by atoms with E-state index in [0.717, 1.165) is 0 Å². The van der Waals surface area contributed by atoms with Gasteiger partial charge in [0.2, 0.25) is 0 Å². The maximum atomic E-state index is 10.0. The van der Waals surface area contributed by atoms with Crippen molar-refractivity contribution >= 4 is 11.9 Å². The van der Waals surface area contributed by atoms with Crippen LogP contribution in [0.4, 0.5) is 0 Å². The lowest BCUT2D eigenvalue weighted by Crippen LogP contribution is -2.18. The van der Waals surface area contributed by atoms with Crippen LogP contribution in [0.15, 0.2) is 12.2 Å². The number of hydrogen-bond acceptors (Lipinski definition) is 4. The van der Waals surface area contributed by atoms with Gasteiger partial charge in [0.25, 0.3) is 0 Å². The average Bonchev–Trinajstić information content (AvgIpc) is 2.15. The Labute approximate surface area is 120 Å². The standard InChI is InChI=1S/2C5H10O2.C4H8O2/c2*1-5(2,3)4(6)7;1-2-3-4(5)6/h2*1-3H3,(H,6,7);2-6H,1H3. The molecule has 0 aliphatic heterocycles. The largest absolute Gasteiger partial charge is 0.481 e. The molecule has 0 aromatic rings. The van der Waals surface area contributed by atoms with Crippen LogP contribution >= 0.6 is 0 Å². The number of aliphatic carboxylic acids is 2. The van der Waals surface area contributed by atoms with Crippen molar-refractivity contribution in [1.82, 2.24) is 0 Å². The van der Waals surface area contributed by atoms with Crippen LogP contribution in [0.5, 0.6) is 0 Å². The van der Waals surface area contributed by atoms with E-state index in [9.17, 15) is 9.59 Å². The van der Waals surface area contributed by atoms with Crippen LogP contribution < -0.4 is 0 Å². The normalized spacial score (nSPS) is 11.3. The third-order valence-corrected chi connectivity index (χ3v) is 1.65. The Morgan fingerprint density at radius 3 is 1.05 bits per heavy atom. The van der Waals surface area contributed by atoms with E-state index in [1.54, 1.807) is 54.5 Å². The van der Waals surface area contributed by atoms with Crippen LogP contribution in [0.1, 0.15) is 48.5 Å². The Balaban J connectivity index is -0.000000218. The maximum absolute atomic E-state index is 10.0. The summed E-state index contributed by atoms with van der Waals surface area (Å²) in [7, 11) is 0. The lowest BCUT2D eigenvalue weighted by molar-refractivity contribution is -0.146. The molecule has 0 radical (unpaired) electrons. The smallest absolute Gasteiger partial charge is 0.308 e. The molecule has 0 spiro atoms. The van der Waals surface area contributed by atoms with Gasteiger partial charge in [-0.15, -0.1) is 0 Å². The van der Waals surface area contributed by atoms with Crippen molar-refractivity contribution in [3.8, 4) is 0 Å².